The molecular formula is C22H20N4O4. The molecule has 2 aromatic carbocycles. The molecule has 2 heterocycles. The van der Waals surface area contributed by atoms with Crippen LogP contribution >= 0.6 is 0 Å². The average Bonchev–Trinajstić information content (AvgIpc) is 3.09. The highest BCUT2D eigenvalue weighted by molar-refractivity contribution is 5.95. The van der Waals surface area contributed by atoms with Gasteiger partial charge in [0, 0.05) is 41.9 Å². The fourth-order valence-electron chi connectivity index (χ4n) is 3.91. The number of non-ortho nitro benzene ring substituents is 1. The van der Waals surface area contributed by atoms with Crippen molar-refractivity contribution < 1.29 is 14.5 Å². The van der Waals surface area contributed by atoms with Crippen LogP contribution in [-0.2, 0) is 16.6 Å². The van der Waals surface area contributed by atoms with Gasteiger partial charge in [0.05, 0.1) is 23.3 Å². The number of aryl methyl sites for hydroxylation is 1. The van der Waals surface area contributed by atoms with E-state index in [1.165, 1.54) is 19.2 Å². The summed E-state index contributed by atoms with van der Waals surface area (Å²) >= 11 is 0. The number of ether oxygens (including phenoxy) is 1. The first-order chi connectivity index (χ1) is 14.4. The van der Waals surface area contributed by atoms with E-state index in [0.29, 0.717) is 22.5 Å². The topological polar surface area (TPSA) is 99.3 Å². The molecule has 0 saturated heterocycles. The lowest BCUT2D eigenvalue weighted by Gasteiger charge is -2.28. The van der Waals surface area contributed by atoms with Crippen molar-refractivity contribution in [3.05, 3.63) is 87.1 Å². The fraction of sp³-hybridized carbons (Fsp3) is 0.182. The number of nitro benzene ring substituents is 1. The largest absolute Gasteiger partial charge is 0.466 e. The molecule has 0 amide bonds. The highest BCUT2D eigenvalue weighted by atomic mass is 16.6. The normalized spacial score (nSPS) is 15.4. The first-order valence-electron chi connectivity index (χ1n) is 9.35. The number of nitro groups is 1. The summed E-state index contributed by atoms with van der Waals surface area (Å²) < 4.78 is 6.78. The molecule has 1 aliphatic rings. The van der Waals surface area contributed by atoms with Crippen LogP contribution < -0.4 is 5.32 Å². The molecule has 3 aromatic rings. The maximum Gasteiger partial charge on any atom is 0.336 e. The molecule has 1 aromatic heterocycles. The van der Waals surface area contributed by atoms with Crippen LogP contribution in [0, 0.1) is 10.1 Å². The number of aromatic nitrogens is 2. The summed E-state index contributed by atoms with van der Waals surface area (Å²) in [5, 5.41) is 19.3. The summed E-state index contributed by atoms with van der Waals surface area (Å²) in [6.45, 7) is 1.79. The Morgan fingerprint density at radius 3 is 2.60 bits per heavy atom. The second-order valence-electron chi connectivity index (χ2n) is 7.04. The highest BCUT2D eigenvalue weighted by Crippen LogP contribution is 2.46. The van der Waals surface area contributed by atoms with Gasteiger partial charge in [-0.3, -0.25) is 14.8 Å². The molecule has 0 fully saturated rings. The van der Waals surface area contributed by atoms with E-state index in [1.807, 2.05) is 37.4 Å². The molecular weight excluding hydrogens is 384 g/mol. The van der Waals surface area contributed by atoms with Crippen LogP contribution in [0.25, 0.3) is 11.3 Å². The molecule has 30 heavy (non-hydrogen) atoms. The van der Waals surface area contributed by atoms with E-state index in [0.717, 1.165) is 16.9 Å². The molecule has 4 rings (SSSR count). The summed E-state index contributed by atoms with van der Waals surface area (Å²) in [7, 11) is 3.14. The molecule has 0 aliphatic carbocycles. The van der Waals surface area contributed by atoms with Crippen LogP contribution in [0.15, 0.2) is 65.9 Å². The number of anilines is 1. The summed E-state index contributed by atoms with van der Waals surface area (Å²) in [6.07, 6.45) is 0. The van der Waals surface area contributed by atoms with E-state index in [9.17, 15) is 14.9 Å². The lowest BCUT2D eigenvalue weighted by molar-refractivity contribution is -0.384. The molecule has 0 spiro atoms. The van der Waals surface area contributed by atoms with Crippen LogP contribution in [-0.4, -0.2) is 27.8 Å². The first-order valence-corrected chi connectivity index (χ1v) is 9.35. The number of hydrogen-bond acceptors (Lipinski definition) is 6. The summed E-state index contributed by atoms with van der Waals surface area (Å²) in [4.78, 5) is 23.7. The summed E-state index contributed by atoms with van der Waals surface area (Å²) in [6, 6.07) is 16.0. The van der Waals surface area contributed by atoms with Crippen LogP contribution in [0.5, 0.6) is 0 Å². The maximum absolute atomic E-state index is 12.8. The first kappa shape index (κ1) is 19.4. The van der Waals surface area contributed by atoms with Gasteiger partial charge in [-0.25, -0.2) is 4.79 Å². The quantitative estimate of drug-likeness (QED) is 0.401. The Labute approximate surface area is 172 Å². The third-order valence-corrected chi connectivity index (χ3v) is 5.24. The zero-order valence-corrected chi connectivity index (χ0v) is 16.7. The van der Waals surface area contributed by atoms with Crippen molar-refractivity contribution in [3.8, 4) is 11.3 Å². The minimum absolute atomic E-state index is 0.0420. The van der Waals surface area contributed by atoms with Crippen LogP contribution in [0.3, 0.4) is 0 Å². The van der Waals surface area contributed by atoms with Crippen molar-refractivity contribution in [1.82, 2.24) is 9.78 Å². The Balaban J connectivity index is 2.02. The standard InChI is InChI=1S/C22H20N4O4/c1-13-17(22(27)30-3)18(15-10-7-11-16(12-15)26(28)29)19-20(14-8-5-4-6-9-14)24-25(2)21(19)23-13/h4-12,18,23H,1-3H3. The van der Waals surface area contributed by atoms with E-state index in [2.05, 4.69) is 5.32 Å². The van der Waals surface area contributed by atoms with Crippen molar-refractivity contribution in [2.24, 2.45) is 7.05 Å². The van der Waals surface area contributed by atoms with E-state index in [4.69, 9.17) is 9.84 Å². The molecule has 8 heteroatoms. The van der Waals surface area contributed by atoms with Gasteiger partial charge >= 0.3 is 5.97 Å². The Bertz CT molecular complexity index is 1180. The second kappa shape index (κ2) is 7.47. The monoisotopic (exact) mass is 404 g/mol. The lowest BCUT2D eigenvalue weighted by Crippen LogP contribution is -2.24. The number of rotatable bonds is 4. The molecule has 1 atom stereocenters. The van der Waals surface area contributed by atoms with Crippen molar-refractivity contribution >= 4 is 17.5 Å². The summed E-state index contributed by atoms with van der Waals surface area (Å²) in [5.41, 5.74) is 3.96. The highest BCUT2D eigenvalue weighted by Gasteiger charge is 2.38. The number of carbonyl (C=O) groups is 1. The van der Waals surface area contributed by atoms with Gasteiger partial charge in [-0.1, -0.05) is 42.5 Å². The van der Waals surface area contributed by atoms with Gasteiger partial charge in [0.15, 0.2) is 0 Å². The van der Waals surface area contributed by atoms with Gasteiger partial charge in [-0.15, -0.1) is 0 Å². The number of nitrogens with one attached hydrogen (secondary N) is 1. The van der Waals surface area contributed by atoms with E-state index < -0.39 is 16.8 Å². The number of esters is 1. The third kappa shape index (κ3) is 3.12. The SMILES string of the molecule is COC(=O)C1=C(C)Nc2c(c(-c3ccccc3)nn2C)C1c1cccc([N+](=O)[O-])c1. The minimum atomic E-state index is -0.572. The van der Waals surface area contributed by atoms with Crippen LogP contribution in [0.4, 0.5) is 11.5 Å². The van der Waals surface area contributed by atoms with Gasteiger partial charge in [-0.05, 0) is 12.5 Å². The molecule has 0 bridgehead atoms. The Hall–Kier alpha value is -3.94. The number of fused-ring (bicyclic) bond motifs is 1. The van der Waals surface area contributed by atoms with Crippen molar-refractivity contribution in [2.45, 2.75) is 12.8 Å². The molecule has 152 valence electrons. The Morgan fingerprint density at radius 1 is 1.20 bits per heavy atom. The number of nitrogens with zero attached hydrogens (tertiary/aromatic N) is 3. The fourth-order valence-corrected chi connectivity index (χ4v) is 3.91. The molecule has 1 N–H and O–H groups in total. The van der Waals surface area contributed by atoms with Gasteiger partial charge in [-0.2, -0.15) is 5.10 Å². The lowest BCUT2D eigenvalue weighted by atomic mass is 9.80. The molecule has 1 aliphatic heterocycles. The predicted molar refractivity (Wildman–Crippen MR) is 112 cm³/mol. The zero-order valence-electron chi connectivity index (χ0n) is 16.7. The van der Waals surface area contributed by atoms with Gasteiger partial charge in [0.1, 0.15) is 5.82 Å². The number of benzene rings is 2. The number of methoxy groups -OCH3 is 1. The molecule has 1 unspecified atom stereocenters. The second-order valence-corrected chi connectivity index (χ2v) is 7.04. The number of carbonyl (C=O) groups excluding carboxylic acids is 1. The molecule has 8 nitrogen and oxygen atoms in total. The molecule has 0 saturated carbocycles. The van der Waals surface area contributed by atoms with Crippen molar-refractivity contribution in [3.63, 3.8) is 0 Å². The smallest absolute Gasteiger partial charge is 0.336 e. The number of hydrogen-bond donors (Lipinski definition) is 1. The van der Waals surface area contributed by atoms with E-state index >= 15 is 0 Å². The molecule has 0 radical (unpaired) electrons. The average molecular weight is 404 g/mol. The van der Waals surface area contributed by atoms with Crippen LogP contribution in [0.2, 0.25) is 0 Å². The third-order valence-electron chi connectivity index (χ3n) is 5.24. The zero-order chi connectivity index (χ0) is 21.4. The minimum Gasteiger partial charge on any atom is -0.466 e. The summed E-state index contributed by atoms with van der Waals surface area (Å²) in [5.74, 6) is -0.335. The Morgan fingerprint density at radius 2 is 1.93 bits per heavy atom. The van der Waals surface area contributed by atoms with Crippen molar-refractivity contribution in [2.75, 3.05) is 12.4 Å². The van der Waals surface area contributed by atoms with E-state index in [1.54, 1.807) is 23.7 Å². The number of allylic oxidation sites excluding steroid dienone is 1. The maximum atomic E-state index is 12.8. The van der Waals surface area contributed by atoms with E-state index in [-0.39, 0.29) is 5.69 Å². The Kier molecular flexibility index (Phi) is 4.83. The van der Waals surface area contributed by atoms with Crippen LogP contribution in [0.1, 0.15) is 24.0 Å². The van der Waals surface area contributed by atoms with Gasteiger partial charge in [0.25, 0.3) is 5.69 Å². The van der Waals surface area contributed by atoms with Crippen molar-refractivity contribution in [1.29, 1.82) is 0 Å². The van der Waals surface area contributed by atoms with Gasteiger partial charge < -0.3 is 10.1 Å². The predicted octanol–water partition coefficient (Wildman–Crippen LogP) is 4.00. The van der Waals surface area contributed by atoms with Gasteiger partial charge in [0.2, 0.25) is 0 Å².